The second-order valence-corrected chi connectivity index (χ2v) is 5.62. The topological polar surface area (TPSA) is 38.0 Å². The van der Waals surface area contributed by atoms with E-state index in [9.17, 15) is 0 Å². The van der Waals surface area contributed by atoms with Gasteiger partial charge in [0.1, 0.15) is 0 Å². The molecule has 1 aromatic rings. The smallest absolute Gasteiger partial charge is 0.0208 e. The first-order valence-electron chi connectivity index (χ1n) is 8.36. The largest absolute Gasteiger partial charge is 0.326 e. The summed E-state index contributed by atoms with van der Waals surface area (Å²) in [5.74, 6) is 0. The molecule has 1 aromatic carbocycles. The van der Waals surface area contributed by atoms with Crippen molar-refractivity contribution in [3.05, 3.63) is 35.4 Å². The van der Waals surface area contributed by atoms with E-state index < -0.39 is 0 Å². The zero-order chi connectivity index (χ0) is 14.5. The SMILES string of the molecule is CCCCCCCCCCNCc1ccccc1CN. The summed E-state index contributed by atoms with van der Waals surface area (Å²) < 4.78 is 0. The molecule has 0 amide bonds. The maximum Gasteiger partial charge on any atom is 0.0208 e. The van der Waals surface area contributed by atoms with Crippen molar-refractivity contribution in [1.29, 1.82) is 0 Å². The van der Waals surface area contributed by atoms with Crippen LogP contribution < -0.4 is 11.1 Å². The Kier molecular flexibility index (Phi) is 10.3. The van der Waals surface area contributed by atoms with Gasteiger partial charge in [0.2, 0.25) is 0 Å². The van der Waals surface area contributed by atoms with Crippen LogP contribution in [-0.4, -0.2) is 6.54 Å². The summed E-state index contributed by atoms with van der Waals surface area (Å²) in [6.07, 6.45) is 11.0. The fraction of sp³-hybridized carbons (Fsp3) is 0.667. The highest BCUT2D eigenvalue weighted by atomic mass is 14.8. The number of nitrogens with one attached hydrogen (secondary N) is 1. The molecule has 0 saturated heterocycles. The highest BCUT2D eigenvalue weighted by molar-refractivity contribution is 5.26. The van der Waals surface area contributed by atoms with E-state index >= 15 is 0 Å². The van der Waals surface area contributed by atoms with Crippen molar-refractivity contribution in [1.82, 2.24) is 5.32 Å². The van der Waals surface area contributed by atoms with Gasteiger partial charge >= 0.3 is 0 Å². The van der Waals surface area contributed by atoms with Crippen molar-refractivity contribution in [2.75, 3.05) is 6.54 Å². The third-order valence-corrected chi connectivity index (χ3v) is 3.86. The minimum Gasteiger partial charge on any atom is -0.326 e. The quantitative estimate of drug-likeness (QED) is 0.556. The van der Waals surface area contributed by atoms with E-state index in [-0.39, 0.29) is 0 Å². The number of hydrogen-bond donors (Lipinski definition) is 2. The van der Waals surface area contributed by atoms with Crippen LogP contribution in [0, 0.1) is 0 Å². The number of hydrogen-bond acceptors (Lipinski definition) is 2. The van der Waals surface area contributed by atoms with Crippen LogP contribution in [0.15, 0.2) is 24.3 Å². The fourth-order valence-corrected chi connectivity index (χ4v) is 2.54. The zero-order valence-electron chi connectivity index (χ0n) is 13.2. The Morgan fingerprint density at radius 1 is 0.850 bits per heavy atom. The average molecular weight is 276 g/mol. The van der Waals surface area contributed by atoms with Crippen LogP contribution in [0.2, 0.25) is 0 Å². The maximum atomic E-state index is 5.74. The van der Waals surface area contributed by atoms with Gasteiger partial charge in [-0.05, 0) is 24.1 Å². The molecule has 0 bridgehead atoms. The van der Waals surface area contributed by atoms with Crippen molar-refractivity contribution < 1.29 is 0 Å². The van der Waals surface area contributed by atoms with Gasteiger partial charge in [-0.25, -0.2) is 0 Å². The Bertz CT molecular complexity index is 336. The lowest BCUT2D eigenvalue weighted by atomic mass is 10.1. The molecule has 1 rings (SSSR count). The molecule has 0 saturated carbocycles. The molecule has 2 heteroatoms. The van der Waals surface area contributed by atoms with E-state index in [1.54, 1.807) is 0 Å². The molecule has 2 nitrogen and oxygen atoms in total. The number of benzene rings is 1. The standard InChI is InChI=1S/C18H32N2/c1-2-3-4-5-6-7-8-11-14-20-16-18-13-10-9-12-17(18)15-19/h9-10,12-13,20H,2-8,11,14-16,19H2,1H3. The third kappa shape index (κ3) is 7.66. The lowest BCUT2D eigenvalue weighted by molar-refractivity contribution is 0.554. The molecule has 0 fully saturated rings. The van der Waals surface area contributed by atoms with Gasteiger partial charge in [-0.2, -0.15) is 0 Å². The number of unbranched alkanes of at least 4 members (excludes halogenated alkanes) is 7. The van der Waals surface area contributed by atoms with Gasteiger partial charge in [-0.15, -0.1) is 0 Å². The molecular weight excluding hydrogens is 244 g/mol. The van der Waals surface area contributed by atoms with E-state index in [0.717, 1.165) is 13.1 Å². The number of nitrogens with two attached hydrogens (primary N) is 1. The summed E-state index contributed by atoms with van der Waals surface area (Å²) in [6, 6.07) is 8.44. The van der Waals surface area contributed by atoms with E-state index in [2.05, 4.69) is 36.5 Å². The summed E-state index contributed by atoms with van der Waals surface area (Å²) in [5.41, 5.74) is 8.35. The van der Waals surface area contributed by atoms with E-state index in [1.807, 2.05) is 0 Å². The van der Waals surface area contributed by atoms with Gasteiger partial charge < -0.3 is 11.1 Å². The van der Waals surface area contributed by atoms with E-state index in [1.165, 1.54) is 62.5 Å². The van der Waals surface area contributed by atoms with Crippen LogP contribution in [0.25, 0.3) is 0 Å². The molecule has 0 atom stereocenters. The Hall–Kier alpha value is -0.860. The fourth-order valence-electron chi connectivity index (χ4n) is 2.54. The van der Waals surface area contributed by atoms with Gasteiger partial charge in [-0.1, -0.05) is 76.1 Å². The van der Waals surface area contributed by atoms with Crippen molar-refractivity contribution >= 4 is 0 Å². The molecule has 0 aromatic heterocycles. The average Bonchev–Trinajstić information content (AvgIpc) is 2.49. The van der Waals surface area contributed by atoms with Crippen LogP contribution in [0.1, 0.15) is 69.4 Å². The Balaban J connectivity index is 1.97. The van der Waals surface area contributed by atoms with Crippen molar-refractivity contribution in [3.63, 3.8) is 0 Å². The molecule has 0 radical (unpaired) electrons. The van der Waals surface area contributed by atoms with Gasteiger partial charge in [0.25, 0.3) is 0 Å². The predicted octanol–water partition coefficient (Wildman–Crippen LogP) is 4.38. The van der Waals surface area contributed by atoms with Gasteiger partial charge in [0, 0.05) is 13.1 Å². The normalized spacial score (nSPS) is 10.9. The molecule has 0 aliphatic carbocycles. The second kappa shape index (κ2) is 11.9. The van der Waals surface area contributed by atoms with Crippen LogP contribution >= 0.6 is 0 Å². The summed E-state index contributed by atoms with van der Waals surface area (Å²) in [6.45, 7) is 4.97. The highest BCUT2D eigenvalue weighted by Gasteiger charge is 1.98. The van der Waals surface area contributed by atoms with Crippen LogP contribution in [0.5, 0.6) is 0 Å². The molecule has 114 valence electrons. The molecule has 3 N–H and O–H groups in total. The predicted molar refractivity (Wildman–Crippen MR) is 88.7 cm³/mol. The van der Waals surface area contributed by atoms with Crippen LogP contribution in [0.4, 0.5) is 0 Å². The highest BCUT2D eigenvalue weighted by Crippen LogP contribution is 2.09. The lowest BCUT2D eigenvalue weighted by Gasteiger charge is -2.09. The Morgan fingerprint density at radius 3 is 2.10 bits per heavy atom. The molecule has 0 heterocycles. The van der Waals surface area contributed by atoms with Gasteiger partial charge in [-0.3, -0.25) is 0 Å². The monoisotopic (exact) mass is 276 g/mol. The molecular formula is C18H32N2. The minimum atomic E-state index is 0.635. The van der Waals surface area contributed by atoms with Crippen LogP contribution in [-0.2, 0) is 13.1 Å². The first kappa shape index (κ1) is 17.2. The lowest BCUT2D eigenvalue weighted by Crippen LogP contribution is -2.16. The minimum absolute atomic E-state index is 0.635. The van der Waals surface area contributed by atoms with Crippen molar-refractivity contribution in [2.24, 2.45) is 5.73 Å². The summed E-state index contributed by atoms with van der Waals surface area (Å²) in [7, 11) is 0. The maximum absolute atomic E-state index is 5.74. The van der Waals surface area contributed by atoms with Crippen LogP contribution in [0.3, 0.4) is 0 Å². The van der Waals surface area contributed by atoms with Crippen molar-refractivity contribution in [2.45, 2.75) is 71.4 Å². The summed E-state index contributed by atoms with van der Waals surface area (Å²) in [4.78, 5) is 0. The molecule has 0 aliphatic rings. The Labute approximate surface area is 125 Å². The first-order valence-corrected chi connectivity index (χ1v) is 8.36. The third-order valence-electron chi connectivity index (χ3n) is 3.86. The van der Waals surface area contributed by atoms with E-state index in [0.29, 0.717) is 6.54 Å². The van der Waals surface area contributed by atoms with Gasteiger partial charge in [0.15, 0.2) is 0 Å². The molecule has 0 unspecified atom stereocenters. The zero-order valence-corrected chi connectivity index (χ0v) is 13.2. The molecule has 0 aliphatic heterocycles. The molecule has 20 heavy (non-hydrogen) atoms. The van der Waals surface area contributed by atoms with E-state index in [4.69, 9.17) is 5.73 Å². The first-order chi connectivity index (χ1) is 9.88. The van der Waals surface area contributed by atoms with Gasteiger partial charge in [0.05, 0.1) is 0 Å². The summed E-state index contributed by atoms with van der Waals surface area (Å²) in [5, 5.41) is 3.53. The molecule has 0 spiro atoms. The van der Waals surface area contributed by atoms with Crippen molar-refractivity contribution in [3.8, 4) is 0 Å². The summed E-state index contributed by atoms with van der Waals surface area (Å²) >= 11 is 0. The number of rotatable bonds is 12. The Morgan fingerprint density at radius 2 is 1.45 bits per heavy atom. The second-order valence-electron chi connectivity index (χ2n) is 5.62.